The van der Waals surface area contributed by atoms with Crippen LogP contribution in [-0.2, 0) is 42.8 Å². The smallest absolute Gasteiger partial charge is 0.316 e. The third kappa shape index (κ3) is 9.10. The lowest BCUT2D eigenvalue weighted by Crippen LogP contribution is -2.68. The number of thioether (sulfide) groups is 2. The molecule has 12 rings (SSSR count). The van der Waals surface area contributed by atoms with Crippen molar-refractivity contribution in [2.24, 2.45) is 11.8 Å². The predicted molar refractivity (Wildman–Crippen MR) is 255 cm³/mol. The number of nitrogens with zero attached hydrogens (tertiary/aromatic N) is 2. The van der Waals surface area contributed by atoms with Crippen molar-refractivity contribution in [2.45, 2.75) is 59.4 Å². The molecule has 4 aliphatic heterocycles. The molecule has 1 aliphatic carbocycles. The molecule has 5 aliphatic rings. The molecule has 2 N–H and O–H groups in total. The number of aromatic hydroxyl groups is 1. The average molecular weight is 1070 g/mol. The number of phenolic OH excluding ortho intramolecular Hbond substituents is 1. The molecule has 3 fully saturated rings. The number of carbonyl (C=O) groups is 3. The van der Waals surface area contributed by atoms with Gasteiger partial charge in [-0.1, -0.05) is 29.6 Å². The molecule has 10 atom stereocenters. The Hall–Kier alpha value is -6.67. The fourth-order valence-electron chi connectivity index (χ4n) is 10.0. The van der Waals surface area contributed by atoms with Gasteiger partial charge in [-0.2, -0.15) is 0 Å². The van der Waals surface area contributed by atoms with Crippen molar-refractivity contribution in [3.05, 3.63) is 111 Å². The molecule has 24 heteroatoms. The summed E-state index contributed by atoms with van der Waals surface area (Å²) in [5.74, 6) is -5.09. The van der Waals surface area contributed by atoms with Crippen molar-refractivity contribution in [3.8, 4) is 28.7 Å². The third-order valence-corrected chi connectivity index (χ3v) is 15.8. The fourth-order valence-corrected chi connectivity index (χ4v) is 12.0. The minimum atomic E-state index is -1.45. The zero-order valence-electron chi connectivity index (χ0n) is 38.8. The molecule has 0 radical (unpaired) electrons. The lowest BCUT2D eigenvalue weighted by molar-refractivity contribution is -0.351. The number of ether oxygens (including phenoxy) is 10. The molecule has 0 bridgehead atoms. The Morgan fingerprint density at radius 3 is 2.18 bits per heavy atom. The first-order valence-electron chi connectivity index (χ1n) is 23.0. The number of nitrogens with one attached hydrogen (secondary N) is 1. The quantitative estimate of drug-likeness (QED) is 0.0790. The highest BCUT2D eigenvalue weighted by Gasteiger charge is 2.58. The Balaban J connectivity index is 0.915. The number of benzene rings is 4. The van der Waals surface area contributed by atoms with E-state index >= 15 is 0 Å². The number of phenols is 1. The molecule has 384 valence electrons. The number of rotatable bonds is 14. The number of aromatic nitrogens is 2. The van der Waals surface area contributed by atoms with Crippen LogP contribution in [0.5, 0.6) is 28.7 Å². The molecule has 0 saturated carbocycles. The molecule has 74 heavy (non-hydrogen) atoms. The first kappa shape index (κ1) is 48.3. The van der Waals surface area contributed by atoms with E-state index in [9.17, 15) is 28.3 Å². The summed E-state index contributed by atoms with van der Waals surface area (Å²) in [6.45, 7) is -0.239. The maximum Gasteiger partial charge on any atom is 0.316 e. The standard InChI is InChI=1S/C50H41F2N3O16S3/c1-60-33-10-21(11-34(61-2)42(33)58)39-24-14-31-32(65-20-64-31)15-25(24)43(26-16-62-46(59)40(26)39)70-48-41(55-37(56)18-73-49-53-27-12-22(51)5-7-29(27)67-49)45(44-35(66-48)17-63-47(71-44)36-4-3-9-72-36)69-38(57)19-74-50-54-28-13-23(52)6-8-30(28)68-50/h3-15,26,35,39-41,43-45,47-48,58H,16-20H2,1-2H3,(H,55,56)/t26-,35+,39+,40-,41+,43+,44+,45+,47+,48-/m0/s1. The maximum absolute atomic E-state index is 14.4. The van der Waals surface area contributed by atoms with Crippen molar-refractivity contribution < 1.29 is 84.5 Å². The summed E-state index contributed by atoms with van der Waals surface area (Å²) in [4.78, 5) is 52.1. The van der Waals surface area contributed by atoms with Crippen molar-refractivity contribution in [1.29, 1.82) is 0 Å². The van der Waals surface area contributed by atoms with Crippen molar-refractivity contribution in [2.75, 3.05) is 45.7 Å². The highest BCUT2D eigenvalue weighted by Crippen LogP contribution is 2.57. The molecule has 7 heterocycles. The van der Waals surface area contributed by atoms with Gasteiger partial charge in [0.15, 0.2) is 52.8 Å². The summed E-state index contributed by atoms with van der Waals surface area (Å²) >= 11 is 3.24. The van der Waals surface area contributed by atoms with Gasteiger partial charge in [0.1, 0.15) is 46.7 Å². The van der Waals surface area contributed by atoms with Crippen LogP contribution >= 0.6 is 34.9 Å². The molecule has 0 unspecified atom stereocenters. The Morgan fingerprint density at radius 2 is 1.51 bits per heavy atom. The van der Waals surface area contributed by atoms with Crippen LogP contribution in [0.3, 0.4) is 0 Å². The second kappa shape index (κ2) is 19.9. The Labute approximate surface area is 430 Å². The van der Waals surface area contributed by atoms with Gasteiger partial charge in [0, 0.05) is 24.0 Å². The summed E-state index contributed by atoms with van der Waals surface area (Å²) < 4.78 is 101. The van der Waals surface area contributed by atoms with Crippen molar-refractivity contribution >= 4 is 74.9 Å². The lowest BCUT2D eigenvalue weighted by atomic mass is 9.66. The van der Waals surface area contributed by atoms with Gasteiger partial charge in [0.25, 0.3) is 10.4 Å². The van der Waals surface area contributed by atoms with Gasteiger partial charge in [-0.15, -0.1) is 11.3 Å². The maximum atomic E-state index is 14.4. The monoisotopic (exact) mass is 1070 g/mol. The zero-order valence-corrected chi connectivity index (χ0v) is 41.2. The van der Waals surface area contributed by atoms with Crippen LogP contribution in [0, 0.1) is 23.5 Å². The van der Waals surface area contributed by atoms with E-state index < -0.39 is 90.3 Å². The predicted octanol–water partition coefficient (Wildman–Crippen LogP) is 7.57. The van der Waals surface area contributed by atoms with Crippen LogP contribution in [0.15, 0.2) is 97.5 Å². The summed E-state index contributed by atoms with van der Waals surface area (Å²) in [7, 11) is 2.80. The minimum Gasteiger partial charge on any atom is -0.502 e. The van der Waals surface area contributed by atoms with Crippen LogP contribution in [-0.4, -0.2) is 109 Å². The van der Waals surface area contributed by atoms with Gasteiger partial charge in [0.05, 0.1) is 50.1 Å². The molecule has 4 aromatic carbocycles. The summed E-state index contributed by atoms with van der Waals surface area (Å²) in [5, 5.41) is 16.0. The molecule has 19 nitrogen and oxygen atoms in total. The van der Waals surface area contributed by atoms with Crippen molar-refractivity contribution in [1.82, 2.24) is 15.3 Å². The van der Waals surface area contributed by atoms with E-state index in [1.54, 1.807) is 24.3 Å². The van der Waals surface area contributed by atoms with Crippen LogP contribution < -0.4 is 24.3 Å². The molecule has 7 aromatic rings. The molecular formula is C50H41F2N3O16S3. The van der Waals surface area contributed by atoms with E-state index in [1.165, 1.54) is 62.0 Å². The van der Waals surface area contributed by atoms with Gasteiger partial charge >= 0.3 is 11.9 Å². The van der Waals surface area contributed by atoms with Gasteiger partial charge in [-0.3, -0.25) is 14.4 Å². The second-order valence-electron chi connectivity index (χ2n) is 17.6. The number of thiophene rings is 1. The molecular weight excluding hydrogens is 1030 g/mol. The van der Waals surface area contributed by atoms with Crippen molar-refractivity contribution in [3.63, 3.8) is 0 Å². The normalized spacial score (nSPS) is 25.8. The number of halogens is 2. The van der Waals surface area contributed by atoms with E-state index in [2.05, 4.69) is 15.3 Å². The van der Waals surface area contributed by atoms with Crippen LogP contribution in [0.2, 0.25) is 0 Å². The summed E-state index contributed by atoms with van der Waals surface area (Å²) in [6.07, 6.45) is -6.75. The van der Waals surface area contributed by atoms with Gasteiger partial charge in [-0.25, -0.2) is 18.7 Å². The minimum absolute atomic E-state index is 0.0651. The van der Waals surface area contributed by atoms with Crippen LogP contribution in [0.1, 0.15) is 39.9 Å². The average Bonchev–Trinajstić information content (AvgIpc) is 4.28. The fraction of sp³-hybridized carbons (Fsp3) is 0.340. The van der Waals surface area contributed by atoms with Crippen LogP contribution in [0.25, 0.3) is 22.2 Å². The Kier molecular flexibility index (Phi) is 13.0. The third-order valence-electron chi connectivity index (χ3n) is 13.3. The van der Waals surface area contributed by atoms with Gasteiger partial charge in [-0.05, 0) is 76.7 Å². The molecule has 3 saturated heterocycles. The number of cyclic esters (lactones) is 1. The Morgan fingerprint density at radius 1 is 0.838 bits per heavy atom. The van der Waals surface area contributed by atoms with Crippen LogP contribution in [0.4, 0.5) is 8.78 Å². The number of hydrogen-bond acceptors (Lipinski definition) is 21. The molecule has 3 aromatic heterocycles. The highest BCUT2D eigenvalue weighted by molar-refractivity contribution is 8.00. The number of hydrogen-bond donors (Lipinski definition) is 2. The van der Waals surface area contributed by atoms with E-state index in [0.29, 0.717) is 39.4 Å². The number of oxazole rings is 2. The first-order valence-corrected chi connectivity index (χ1v) is 25.9. The number of carbonyl (C=O) groups excluding carboxylic acids is 3. The topological polar surface area (TPSA) is 228 Å². The lowest BCUT2D eigenvalue weighted by Gasteiger charge is -2.50. The summed E-state index contributed by atoms with van der Waals surface area (Å²) in [6, 6.07) is 16.9. The number of esters is 2. The highest BCUT2D eigenvalue weighted by atomic mass is 32.2. The van der Waals surface area contributed by atoms with Gasteiger partial charge < -0.3 is 66.6 Å². The van der Waals surface area contributed by atoms with E-state index in [1.807, 2.05) is 17.5 Å². The summed E-state index contributed by atoms with van der Waals surface area (Å²) in [5.41, 5.74) is 2.84. The molecule has 0 spiro atoms. The number of fused-ring (bicyclic) bond motifs is 6. The largest absolute Gasteiger partial charge is 0.502 e. The van der Waals surface area contributed by atoms with E-state index in [4.69, 9.17) is 56.2 Å². The number of amides is 1. The molecule has 1 amide bonds. The van der Waals surface area contributed by atoms with Gasteiger partial charge in [0.2, 0.25) is 18.4 Å². The van der Waals surface area contributed by atoms with E-state index in [0.717, 1.165) is 28.4 Å². The van der Waals surface area contributed by atoms with E-state index in [-0.39, 0.29) is 70.2 Å². The first-order chi connectivity index (χ1) is 36.0. The second-order valence-corrected chi connectivity index (χ2v) is 20.4. The number of methoxy groups -OCH3 is 2. The SMILES string of the molecule is COc1cc([C@@H]2c3cc4c(cc3[C@@H](O[C@@H]3O[C@@H]5CO[C@@H](c6cccs6)O[C@H]5[C@H](OC(=O)CSc5nc6cc(F)ccc6o5)[C@H]3NC(=O)CSc3nc5cc(F)ccc5o3)[C@H]3COC(=O)[C@H]23)OCO4)cc(OC)c1O. The Bertz CT molecular complexity index is 3280. The zero-order chi connectivity index (χ0) is 50.8.